The second-order valence-electron chi connectivity index (χ2n) is 7.90. The van der Waals surface area contributed by atoms with E-state index in [9.17, 15) is 4.79 Å². The Morgan fingerprint density at radius 1 is 1.06 bits per heavy atom. The Labute approximate surface area is 190 Å². The van der Waals surface area contributed by atoms with E-state index in [1.165, 1.54) is 5.56 Å². The summed E-state index contributed by atoms with van der Waals surface area (Å²) in [6.07, 6.45) is 3.36. The maximum atomic E-state index is 12.5. The highest BCUT2D eigenvalue weighted by molar-refractivity contribution is 7.13. The fourth-order valence-electron chi connectivity index (χ4n) is 3.98. The fourth-order valence-corrected chi connectivity index (χ4v) is 4.66. The number of hydrogen-bond acceptors (Lipinski definition) is 7. The van der Waals surface area contributed by atoms with Crippen LogP contribution in [0.25, 0.3) is 10.6 Å². The summed E-state index contributed by atoms with van der Waals surface area (Å²) in [7, 11) is 0. The topological polar surface area (TPSA) is 84.2 Å². The number of piperidine rings is 1. The second-order valence-corrected chi connectivity index (χ2v) is 8.85. The molecule has 4 aromatic rings. The standard InChI is InChI=1S/C24H23N5O2S/c30-24(25-23-16-20(28-31-23)21-7-4-14-32-21)19-8-9-22(27-26-19)29-12-10-18(11-13-29)15-17-5-2-1-3-6-17/h1-9,14,16,18H,10-13,15H2,(H,25,30). The van der Waals surface area contributed by atoms with E-state index in [1.54, 1.807) is 23.5 Å². The molecule has 1 aliphatic heterocycles. The van der Waals surface area contributed by atoms with Crippen LogP contribution in [0.3, 0.4) is 0 Å². The van der Waals surface area contributed by atoms with E-state index in [4.69, 9.17) is 4.52 Å². The van der Waals surface area contributed by atoms with Crippen LogP contribution in [0.5, 0.6) is 0 Å². The predicted molar refractivity (Wildman–Crippen MR) is 125 cm³/mol. The molecule has 0 radical (unpaired) electrons. The lowest BCUT2D eigenvalue weighted by atomic mass is 9.90. The van der Waals surface area contributed by atoms with Gasteiger partial charge in [-0.25, -0.2) is 0 Å². The minimum Gasteiger partial charge on any atom is -0.355 e. The van der Waals surface area contributed by atoms with E-state index >= 15 is 0 Å². The largest absolute Gasteiger partial charge is 0.355 e. The van der Waals surface area contributed by atoms with Crippen molar-refractivity contribution in [3.8, 4) is 10.6 Å². The molecule has 1 amide bonds. The number of benzene rings is 1. The fraction of sp³-hybridized carbons (Fsp3) is 0.250. The Morgan fingerprint density at radius 3 is 2.62 bits per heavy atom. The summed E-state index contributed by atoms with van der Waals surface area (Å²) in [5.74, 6) is 1.40. The zero-order valence-corrected chi connectivity index (χ0v) is 18.3. The van der Waals surface area contributed by atoms with Crippen LogP contribution < -0.4 is 10.2 Å². The first-order valence-corrected chi connectivity index (χ1v) is 11.6. The van der Waals surface area contributed by atoms with E-state index in [0.717, 1.165) is 43.0 Å². The Morgan fingerprint density at radius 2 is 1.91 bits per heavy atom. The molecule has 0 saturated carbocycles. The van der Waals surface area contributed by atoms with Crippen molar-refractivity contribution in [1.29, 1.82) is 0 Å². The summed E-state index contributed by atoms with van der Waals surface area (Å²) in [5, 5.41) is 17.1. The van der Waals surface area contributed by atoms with Crippen LogP contribution in [0.4, 0.5) is 11.7 Å². The van der Waals surface area contributed by atoms with E-state index < -0.39 is 0 Å². The quantitative estimate of drug-likeness (QED) is 0.454. The minimum absolute atomic E-state index is 0.238. The molecule has 8 heteroatoms. The number of nitrogens with one attached hydrogen (secondary N) is 1. The number of carbonyl (C=O) groups is 1. The van der Waals surface area contributed by atoms with Gasteiger partial charge in [0.15, 0.2) is 11.5 Å². The van der Waals surface area contributed by atoms with E-state index in [1.807, 2.05) is 23.6 Å². The molecule has 5 rings (SSSR count). The van der Waals surface area contributed by atoms with Crippen LogP contribution in [0, 0.1) is 5.92 Å². The Kier molecular flexibility index (Phi) is 5.93. The van der Waals surface area contributed by atoms with Gasteiger partial charge >= 0.3 is 0 Å². The van der Waals surface area contributed by atoms with Crippen molar-refractivity contribution in [2.24, 2.45) is 5.92 Å². The summed E-state index contributed by atoms with van der Waals surface area (Å²) >= 11 is 1.56. The monoisotopic (exact) mass is 445 g/mol. The summed E-state index contributed by atoms with van der Waals surface area (Å²) in [5.41, 5.74) is 2.32. The summed E-state index contributed by atoms with van der Waals surface area (Å²) in [4.78, 5) is 15.7. The van der Waals surface area contributed by atoms with Gasteiger partial charge in [-0.2, -0.15) is 0 Å². The van der Waals surface area contributed by atoms with Crippen LogP contribution in [-0.4, -0.2) is 34.4 Å². The molecule has 1 aromatic carbocycles. The first-order valence-electron chi connectivity index (χ1n) is 10.7. The zero-order chi connectivity index (χ0) is 21.8. The number of thiophene rings is 1. The zero-order valence-electron chi connectivity index (χ0n) is 17.5. The molecule has 0 unspecified atom stereocenters. The lowest BCUT2D eigenvalue weighted by Gasteiger charge is -2.32. The van der Waals surface area contributed by atoms with Crippen molar-refractivity contribution in [2.45, 2.75) is 19.3 Å². The van der Waals surface area contributed by atoms with Gasteiger partial charge < -0.3 is 9.42 Å². The number of aromatic nitrogens is 3. The molecule has 1 fully saturated rings. The van der Waals surface area contributed by atoms with Gasteiger partial charge in [0, 0.05) is 19.2 Å². The van der Waals surface area contributed by atoms with E-state index in [2.05, 4.69) is 55.9 Å². The van der Waals surface area contributed by atoms with Gasteiger partial charge in [-0.3, -0.25) is 10.1 Å². The number of anilines is 2. The maximum Gasteiger partial charge on any atom is 0.278 e. The van der Waals surface area contributed by atoms with Crippen molar-refractivity contribution in [2.75, 3.05) is 23.3 Å². The maximum absolute atomic E-state index is 12.5. The number of hydrogen-bond donors (Lipinski definition) is 1. The van der Waals surface area contributed by atoms with Gasteiger partial charge in [0.25, 0.3) is 5.91 Å². The first kappa shape index (κ1) is 20.4. The van der Waals surface area contributed by atoms with Crippen molar-refractivity contribution in [3.05, 3.63) is 77.3 Å². The van der Waals surface area contributed by atoms with Gasteiger partial charge in [-0.05, 0) is 54.3 Å². The van der Waals surface area contributed by atoms with Gasteiger partial charge in [-0.15, -0.1) is 21.5 Å². The summed E-state index contributed by atoms with van der Waals surface area (Å²) in [6.45, 7) is 1.89. The second kappa shape index (κ2) is 9.32. The van der Waals surface area contributed by atoms with Gasteiger partial charge in [-0.1, -0.05) is 41.6 Å². The Balaban J connectivity index is 1.15. The molecular formula is C24H23N5O2S. The van der Waals surface area contributed by atoms with Crippen molar-refractivity contribution in [3.63, 3.8) is 0 Å². The average molecular weight is 446 g/mol. The van der Waals surface area contributed by atoms with Crippen molar-refractivity contribution < 1.29 is 9.32 Å². The third-order valence-corrected chi connectivity index (χ3v) is 6.60. The minimum atomic E-state index is -0.375. The Hall–Kier alpha value is -3.52. The van der Waals surface area contributed by atoms with E-state index in [0.29, 0.717) is 11.6 Å². The summed E-state index contributed by atoms with van der Waals surface area (Å²) in [6, 6.07) is 19.8. The van der Waals surface area contributed by atoms with Crippen molar-refractivity contribution >= 4 is 28.9 Å². The SMILES string of the molecule is O=C(Nc1cc(-c2cccs2)no1)c1ccc(N2CCC(Cc3ccccc3)CC2)nn1. The molecule has 1 N–H and O–H groups in total. The summed E-state index contributed by atoms with van der Waals surface area (Å²) < 4.78 is 5.22. The smallest absolute Gasteiger partial charge is 0.278 e. The highest BCUT2D eigenvalue weighted by Crippen LogP contribution is 2.27. The Bertz CT molecular complexity index is 1150. The molecular weight excluding hydrogens is 422 g/mol. The normalized spacial score (nSPS) is 14.4. The average Bonchev–Trinajstić information content (AvgIpc) is 3.53. The molecule has 0 spiro atoms. The lowest BCUT2D eigenvalue weighted by molar-refractivity contribution is 0.101. The molecule has 0 bridgehead atoms. The van der Waals surface area contributed by atoms with Gasteiger partial charge in [0.05, 0.1) is 4.88 Å². The number of amides is 1. The molecule has 4 heterocycles. The van der Waals surface area contributed by atoms with E-state index in [-0.39, 0.29) is 17.5 Å². The predicted octanol–water partition coefficient (Wildman–Crippen LogP) is 4.90. The van der Waals surface area contributed by atoms with Crippen molar-refractivity contribution in [1.82, 2.24) is 15.4 Å². The highest BCUT2D eigenvalue weighted by atomic mass is 32.1. The van der Waals surface area contributed by atoms with Gasteiger partial charge in [0.2, 0.25) is 5.88 Å². The van der Waals surface area contributed by atoms with Crippen LogP contribution >= 0.6 is 11.3 Å². The number of rotatable bonds is 6. The first-order chi connectivity index (χ1) is 15.7. The molecule has 162 valence electrons. The van der Waals surface area contributed by atoms with Crippen LogP contribution in [-0.2, 0) is 6.42 Å². The molecule has 0 aliphatic carbocycles. The highest BCUT2D eigenvalue weighted by Gasteiger charge is 2.21. The third-order valence-electron chi connectivity index (χ3n) is 5.71. The lowest BCUT2D eigenvalue weighted by Crippen LogP contribution is -2.35. The molecule has 0 atom stereocenters. The molecule has 1 aliphatic rings. The molecule has 3 aromatic heterocycles. The molecule has 1 saturated heterocycles. The van der Waals surface area contributed by atoms with Crippen LogP contribution in [0.15, 0.2) is 70.6 Å². The molecule has 32 heavy (non-hydrogen) atoms. The third kappa shape index (κ3) is 4.70. The number of nitrogens with zero attached hydrogens (tertiary/aromatic N) is 4. The van der Waals surface area contributed by atoms with Crippen LogP contribution in [0.1, 0.15) is 28.9 Å². The van der Waals surface area contributed by atoms with Crippen LogP contribution in [0.2, 0.25) is 0 Å². The molecule has 7 nitrogen and oxygen atoms in total. The van der Waals surface area contributed by atoms with Gasteiger partial charge in [0.1, 0.15) is 5.69 Å². The number of carbonyl (C=O) groups excluding carboxylic acids is 1.